The molecule has 1 aromatic carbocycles. The second kappa shape index (κ2) is 5.38. The first-order valence-electron chi connectivity index (χ1n) is 6.42. The zero-order chi connectivity index (χ0) is 13.1. The summed E-state index contributed by atoms with van der Waals surface area (Å²) in [5, 5.41) is 0. The van der Waals surface area contributed by atoms with Gasteiger partial charge in [0.25, 0.3) is 5.91 Å². The Balaban J connectivity index is 2.11. The molecule has 3 nitrogen and oxygen atoms in total. The van der Waals surface area contributed by atoms with Gasteiger partial charge in [0.05, 0.1) is 5.69 Å². The summed E-state index contributed by atoms with van der Waals surface area (Å²) in [5.74, 6) is -0.654. The summed E-state index contributed by atoms with van der Waals surface area (Å²) in [6, 6.07) is 4.53. The number of nitrogens with two attached hydrogens (primary N) is 1. The van der Waals surface area contributed by atoms with Crippen LogP contribution in [-0.2, 0) is 0 Å². The fraction of sp³-hybridized carbons (Fsp3) is 0.500. The van der Waals surface area contributed by atoms with Crippen LogP contribution in [0.5, 0.6) is 0 Å². The average Bonchev–Trinajstić information content (AvgIpc) is 2.41. The molecule has 0 radical (unpaired) electrons. The molecule has 0 aliphatic heterocycles. The van der Waals surface area contributed by atoms with Gasteiger partial charge in [-0.05, 0) is 31.0 Å². The highest BCUT2D eigenvalue weighted by atomic mass is 19.1. The summed E-state index contributed by atoms with van der Waals surface area (Å²) in [5.41, 5.74) is 5.85. The van der Waals surface area contributed by atoms with Gasteiger partial charge < -0.3 is 10.6 Å². The van der Waals surface area contributed by atoms with Crippen LogP contribution < -0.4 is 5.73 Å². The van der Waals surface area contributed by atoms with Crippen LogP contribution in [0.1, 0.15) is 42.5 Å². The molecule has 2 rings (SSSR count). The first-order chi connectivity index (χ1) is 8.59. The lowest BCUT2D eigenvalue weighted by Gasteiger charge is -2.31. The predicted molar refractivity (Wildman–Crippen MR) is 69.8 cm³/mol. The van der Waals surface area contributed by atoms with Crippen LogP contribution in [0.3, 0.4) is 0 Å². The van der Waals surface area contributed by atoms with Crippen molar-refractivity contribution in [1.29, 1.82) is 0 Å². The monoisotopic (exact) mass is 250 g/mol. The van der Waals surface area contributed by atoms with Crippen LogP contribution in [-0.4, -0.2) is 23.9 Å². The molecule has 4 heteroatoms. The van der Waals surface area contributed by atoms with Crippen LogP contribution in [0.25, 0.3) is 0 Å². The zero-order valence-corrected chi connectivity index (χ0v) is 10.7. The summed E-state index contributed by atoms with van der Waals surface area (Å²) in [4.78, 5) is 14.0. The number of amides is 1. The summed E-state index contributed by atoms with van der Waals surface area (Å²) in [6.07, 6.45) is 5.66. The summed E-state index contributed by atoms with van der Waals surface area (Å²) in [6.45, 7) is 0. The minimum Gasteiger partial charge on any atom is -0.396 e. The molecule has 2 N–H and O–H groups in total. The molecule has 0 atom stereocenters. The number of anilines is 1. The van der Waals surface area contributed by atoms with Crippen molar-refractivity contribution in [2.75, 3.05) is 12.8 Å². The Morgan fingerprint density at radius 2 is 2.00 bits per heavy atom. The third-order valence-electron chi connectivity index (χ3n) is 3.69. The van der Waals surface area contributed by atoms with Gasteiger partial charge in [-0.25, -0.2) is 4.39 Å². The number of nitrogens with zero attached hydrogens (tertiary/aromatic N) is 1. The van der Waals surface area contributed by atoms with Crippen molar-refractivity contribution >= 4 is 11.6 Å². The van der Waals surface area contributed by atoms with E-state index >= 15 is 0 Å². The Kier molecular flexibility index (Phi) is 3.84. The molecular weight excluding hydrogens is 231 g/mol. The molecule has 1 amide bonds. The van der Waals surface area contributed by atoms with E-state index in [2.05, 4.69) is 0 Å². The topological polar surface area (TPSA) is 46.3 Å². The highest BCUT2D eigenvalue weighted by molar-refractivity contribution is 5.94. The van der Waals surface area contributed by atoms with Crippen molar-refractivity contribution in [2.45, 2.75) is 38.1 Å². The smallest absolute Gasteiger partial charge is 0.253 e. The highest BCUT2D eigenvalue weighted by Gasteiger charge is 2.23. The van der Waals surface area contributed by atoms with Gasteiger partial charge in [0.2, 0.25) is 0 Å². The predicted octanol–water partition coefficient (Wildman–Crippen LogP) is 2.81. The summed E-state index contributed by atoms with van der Waals surface area (Å²) >= 11 is 0. The number of carbonyl (C=O) groups excluding carboxylic acids is 1. The molecule has 0 aromatic heterocycles. The molecule has 0 bridgehead atoms. The molecule has 0 saturated heterocycles. The van der Waals surface area contributed by atoms with Crippen molar-refractivity contribution < 1.29 is 9.18 Å². The third-order valence-corrected chi connectivity index (χ3v) is 3.69. The number of hydrogen-bond donors (Lipinski definition) is 1. The number of hydrogen-bond acceptors (Lipinski definition) is 2. The molecule has 98 valence electrons. The molecule has 1 aliphatic carbocycles. The van der Waals surface area contributed by atoms with E-state index in [4.69, 9.17) is 5.73 Å². The van der Waals surface area contributed by atoms with Crippen LogP contribution in [0.15, 0.2) is 18.2 Å². The summed E-state index contributed by atoms with van der Waals surface area (Å²) < 4.78 is 13.3. The maximum Gasteiger partial charge on any atom is 0.253 e. The van der Waals surface area contributed by atoms with E-state index < -0.39 is 5.82 Å². The first kappa shape index (κ1) is 12.9. The Labute approximate surface area is 107 Å². The van der Waals surface area contributed by atoms with Crippen molar-refractivity contribution in [3.05, 3.63) is 29.6 Å². The number of halogens is 1. The van der Waals surface area contributed by atoms with Gasteiger partial charge in [0, 0.05) is 18.7 Å². The van der Waals surface area contributed by atoms with E-state index in [9.17, 15) is 9.18 Å². The second-order valence-corrected chi connectivity index (χ2v) is 4.94. The SMILES string of the molecule is CN(C(=O)c1ccc(N)c(F)c1)C1CCCCC1. The molecule has 0 spiro atoms. The van der Waals surface area contributed by atoms with Gasteiger partial charge >= 0.3 is 0 Å². The number of carbonyl (C=O) groups is 1. The Bertz CT molecular complexity index is 441. The van der Waals surface area contributed by atoms with Crippen LogP contribution in [0, 0.1) is 5.82 Å². The lowest BCUT2D eigenvalue weighted by molar-refractivity contribution is 0.0696. The number of rotatable bonds is 2. The minimum absolute atomic E-state index is 0.0758. The molecule has 0 unspecified atom stereocenters. The maximum atomic E-state index is 13.3. The quantitative estimate of drug-likeness (QED) is 0.820. The van der Waals surface area contributed by atoms with Crippen LogP contribution in [0.2, 0.25) is 0 Å². The molecule has 1 saturated carbocycles. The average molecular weight is 250 g/mol. The normalized spacial score (nSPS) is 16.6. The van der Waals surface area contributed by atoms with Crippen molar-refractivity contribution in [3.63, 3.8) is 0 Å². The summed E-state index contributed by atoms with van der Waals surface area (Å²) in [7, 11) is 1.80. The van der Waals surface area contributed by atoms with E-state index in [0.717, 1.165) is 12.8 Å². The molecule has 1 fully saturated rings. The molecular formula is C14H19FN2O. The van der Waals surface area contributed by atoms with E-state index in [1.54, 1.807) is 18.0 Å². The Hall–Kier alpha value is -1.58. The van der Waals surface area contributed by atoms with Crippen molar-refractivity contribution in [1.82, 2.24) is 4.90 Å². The molecule has 1 aliphatic rings. The van der Waals surface area contributed by atoms with Gasteiger partial charge in [-0.1, -0.05) is 19.3 Å². The third kappa shape index (κ3) is 2.63. The van der Waals surface area contributed by atoms with Gasteiger partial charge in [0.1, 0.15) is 5.82 Å². The number of benzene rings is 1. The zero-order valence-electron chi connectivity index (χ0n) is 10.7. The first-order valence-corrected chi connectivity index (χ1v) is 6.42. The Morgan fingerprint density at radius 3 is 2.61 bits per heavy atom. The molecule has 1 aromatic rings. The maximum absolute atomic E-state index is 13.3. The van der Waals surface area contributed by atoms with E-state index in [0.29, 0.717) is 5.56 Å². The highest BCUT2D eigenvalue weighted by Crippen LogP contribution is 2.23. The Morgan fingerprint density at radius 1 is 1.33 bits per heavy atom. The lowest BCUT2D eigenvalue weighted by Crippen LogP contribution is -2.38. The molecule has 18 heavy (non-hydrogen) atoms. The van der Waals surface area contributed by atoms with Crippen LogP contribution >= 0.6 is 0 Å². The fourth-order valence-corrected chi connectivity index (χ4v) is 2.50. The number of nitrogen functional groups attached to an aromatic ring is 1. The van der Waals surface area contributed by atoms with Crippen molar-refractivity contribution in [3.8, 4) is 0 Å². The van der Waals surface area contributed by atoms with Gasteiger partial charge in [-0.15, -0.1) is 0 Å². The standard InChI is InChI=1S/C14H19FN2O/c1-17(11-5-3-2-4-6-11)14(18)10-7-8-13(16)12(15)9-10/h7-9,11H,2-6,16H2,1H3. The van der Waals surface area contributed by atoms with Crippen LogP contribution in [0.4, 0.5) is 10.1 Å². The van der Waals surface area contributed by atoms with Gasteiger partial charge in [0.15, 0.2) is 0 Å². The molecule has 0 heterocycles. The van der Waals surface area contributed by atoms with Gasteiger partial charge in [-0.2, -0.15) is 0 Å². The second-order valence-electron chi connectivity index (χ2n) is 4.94. The lowest BCUT2D eigenvalue weighted by atomic mass is 9.94. The largest absolute Gasteiger partial charge is 0.396 e. The van der Waals surface area contributed by atoms with Gasteiger partial charge in [-0.3, -0.25) is 4.79 Å². The van der Waals surface area contributed by atoms with E-state index in [-0.39, 0.29) is 17.6 Å². The van der Waals surface area contributed by atoms with E-state index in [1.165, 1.54) is 31.4 Å². The van der Waals surface area contributed by atoms with E-state index in [1.807, 2.05) is 0 Å². The van der Waals surface area contributed by atoms with Crippen molar-refractivity contribution in [2.24, 2.45) is 0 Å². The fourth-order valence-electron chi connectivity index (χ4n) is 2.50. The minimum atomic E-state index is -0.530.